The zero-order valence-corrected chi connectivity index (χ0v) is 13.8. The van der Waals surface area contributed by atoms with Crippen LogP contribution in [0.3, 0.4) is 0 Å². The van der Waals surface area contributed by atoms with E-state index in [1.807, 2.05) is 17.0 Å². The Balaban J connectivity index is 1.71. The smallest absolute Gasteiger partial charge is 0.387 e. The molecule has 0 aliphatic carbocycles. The van der Waals surface area contributed by atoms with Gasteiger partial charge in [0.15, 0.2) is 0 Å². The van der Waals surface area contributed by atoms with Crippen molar-refractivity contribution in [3.8, 4) is 16.2 Å². The lowest BCUT2D eigenvalue weighted by atomic mass is 10.2. The summed E-state index contributed by atoms with van der Waals surface area (Å²) < 4.78 is 28.7. The average Bonchev–Trinajstić information content (AvgIpc) is 2.90. The highest BCUT2D eigenvalue weighted by Gasteiger charge is 2.19. The molecule has 0 radical (unpaired) electrons. The molecule has 1 fully saturated rings. The second-order valence-corrected chi connectivity index (χ2v) is 6.55. The van der Waals surface area contributed by atoms with Crippen molar-refractivity contribution < 1.29 is 18.3 Å². The van der Waals surface area contributed by atoms with Crippen LogP contribution >= 0.6 is 11.3 Å². The molecule has 1 N–H and O–H groups in total. The van der Waals surface area contributed by atoms with Crippen molar-refractivity contribution in [3.63, 3.8) is 0 Å². The Morgan fingerprint density at radius 3 is 2.67 bits per heavy atom. The number of ether oxygens (including phenoxy) is 1. The summed E-state index contributed by atoms with van der Waals surface area (Å²) >= 11 is 1.41. The fourth-order valence-corrected chi connectivity index (χ4v) is 3.59. The fourth-order valence-electron chi connectivity index (χ4n) is 2.61. The minimum absolute atomic E-state index is 0.0487. The number of benzene rings is 1. The van der Waals surface area contributed by atoms with Gasteiger partial charge >= 0.3 is 6.61 Å². The molecular formula is C17H18F2N2O2S. The van der Waals surface area contributed by atoms with Gasteiger partial charge in [-0.3, -0.25) is 4.79 Å². The molecule has 3 rings (SSSR count). The molecule has 0 bridgehead atoms. The maximum absolute atomic E-state index is 12.6. The van der Waals surface area contributed by atoms with Gasteiger partial charge in [0, 0.05) is 24.5 Å². The maximum Gasteiger partial charge on any atom is 0.387 e. The van der Waals surface area contributed by atoms with E-state index in [1.54, 1.807) is 12.1 Å². The lowest BCUT2D eigenvalue weighted by molar-refractivity contribution is -0.0498. The lowest BCUT2D eigenvalue weighted by Crippen LogP contribution is -2.33. The van der Waals surface area contributed by atoms with Crippen molar-refractivity contribution in [2.24, 2.45) is 0 Å². The van der Waals surface area contributed by atoms with Crippen molar-refractivity contribution in [3.05, 3.63) is 41.3 Å². The molecule has 4 nitrogen and oxygen atoms in total. The van der Waals surface area contributed by atoms with Crippen LogP contribution in [0.2, 0.25) is 0 Å². The highest BCUT2D eigenvalue weighted by molar-refractivity contribution is 7.17. The number of nitrogens with zero attached hydrogens (tertiary/aromatic N) is 1. The summed E-state index contributed by atoms with van der Waals surface area (Å²) in [6.45, 7) is 0.400. The molecule has 1 saturated heterocycles. The number of carbonyl (C=O) groups excluding carboxylic acids is 1. The van der Waals surface area contributed by atoms with Crippen LogP contribution in [-0.2, 0) is 0 Å². The van der Waals surface area contributed by atoms with Crippen molar-refractivity contribution in [1.82, 2.24) is 10.2 Å². The molecule has 1 aliphatic heterocycles. The van der Waals surface area contributed by atoms with Crippen LogP contribution in [0.15, 0.2) is 36.4 Å². The van der Waals surface area contributed by atoms with Crippen LogP contribution in [0.4, 0.5) is 8.78 Å². The number of alkyl halides is 2. The summed E-state index contributed by atoms with van der Waals surface area (Å²) in [6, 6.07) is 10.1. The minimum atomic E-state index is -2.83. The maximum atomic E-state index is 12.6. The first-order valence-electron chi connectivity index (χ1n) is 7.78. The number of amides is 1. The van der Waals surface area contributed by atoms with Crippen molar-refractivity contribution in [2.45, 2.75) is 13.0 Å². The number of thiophene rings is 1. The van der Waals surface area contributed by atoms with E-state index in [2.05, 4.69) is 10.1 Å². The van der Waals surface area contributed by atoms with Gasteiger partial charge in [-0.15, -0.1) is 11.3 Å². The van der Waals surface area contributed by atoms with Gasteiger partial charge in [0.05, 0.1) is 4.88 Å². The summed E-state index contributed by atoms with van der Waals surface area (Å²) in [4.78, 5) is 16.1. The van der Waals surface area contributed by atoms with E-state index >= 15 is 0 Å². The summed E-state index contributed by atoms with van der Waals surface area (Å²) in [5.41, 5.74) is 0.873. The first kappa shape index (κ1) is 16.9. The third-order valence-electron chi connectivity index (χ3n) is 3.81. The standard InChI is InChI=1S/C17H18F2N2O2S/c18-17(19)23-13-4-2-12(3-5-13)14-6-7-15(24-14)16(22)21-10-1-8-20-9-11-21/h2-7,17,20H,1,8-11H2. The van der Waals surface area contributed by atoms with Gasteiger partial charge in [-0.25, -0.2) is 0 Å². The molecule has 0 atom stereocenters. The first-order valence-corrected chi connectivity index (χ1v) is 8.60. The van der Waals surface area contributed by atoms with Crippen LogP contribution in [0.5, 0.6) is 5.75 Å². The number of nitrogens with one attached hydrogen (secondary N) is 1. The van der Waals surface area contributed by atoms with Gasteiger partial charge in [-0.2, -0.15) is 8.78 Å². The number of hydrogen-bond donors (Lipinski definition) is 1. The summed E-state index contributed by atoms with van der Waals surface area (Å²) in [7, 11) is 0. The number of hydrogen-bond acceptors (Lipinski definition) is 4. The molecule has 128 valence electrons. The molecule has 1 aliphatic rings. The van der Waals surface area contributed by atoms with Crippen molar-refractivity contribution in [1.29, 1.82) is 0 Å². The van der Waals surface area contributed by atoms with E-state index in [4.69, 9.17) is 0 Å². The van der Waals surface area contributed by atoms with E-state index in [1.165, 1.54) is 23.5 Å². The Morgan fingerprint density at radius 2 is 1.92 bits per heavy atom. The minimum Gasteiger partial charge on any atom is -0.435 e. The summed E-state index contributed by atoms with van der Waals surface area (Å²) in [6.07, 6.45) is 0.954. The van der Waals surface area contributed by atoms with E-state index in [9.17, 15) is 13.6 Å². The zero-order chi connectivity index (χ0) is 16.9. The van der Waals surface area contributed by atoms with Crippen molar-refractivity contribution in [2.75, 3.05) is 26.2 Å². The highest BCUT2D eigenvalue weighted by atomic mass is 32.1. The van der Waals surface area contributed by atoms with Gasteiger partial charge < -0.3 is 15.0 Å². The number of carbonyl (C=O) groups is 1. The topological polar surface area (TPSA) is 41.6 Å². The van der Waals surface area contributed by atoms with Crippen LogP contribution < -0.4 is 10.1 Å². The lowest BCUT2D eigenvalue weighted by Gasteiger charge is -2.18. The number of halogens is 2. The highest BCUT2D eigenvalue weighted by Crippen LogP contribution is 2.30. The van der Waals surface area contributed by atoms with Gasteiger partial charge in [0.25, 0.3) is 5.91 Å². The molecule has 7 heteroatoms. The van der Waals surface area contributed by atoms with Crippen LogP contribution in [-0.4, -0.2) is 43.6 Å². The van der Waals surface area contributed by atoms with E-state index in [0.29, 0.717) is 11.4 Å². The molecule has 0 unspecified atom stereocenters. The third-order valence-corrected chi connectivity index (χ3v) is 4.93. The first-order chi connectivity index (χ1) is 11.6. The average molecular weight is 352 g/mol. The SMILES string of the molecule is O=C(c1ccc(-c2ccc(OC(F)F)cc2)s1)N1CCCNCC1. The molecule has 2 heterocycles. The second kappa shape index (κ2) is 7.72. The Kier molecular flexibility index (Phi) is 5.42. The molecule has 24 heavy (non-hydrogen) atoms. The molecule has 1 amide bonds. The van der Waals surface area contributed by atoms with Gasteiger partial charge in [-0.05, 0) is 54.9 Å². The Hall–Kier alpha value is -1.99. The molecular weight excluding hydrogens is 334 g/mol. The second-order valence-electron chi connectivity index (χ2n) is 5.46. The van der Waals surface area contributed by atoms with E-state index < -0.39 is 6.61 Å². The predicted octanol–water partition coefficient (Wildman–Crippen LogP) is 3.45. The van der Waals surface area contributed by atoms with Gasteiger partial charge in [0.2, 0.25) is 0 Å². The monoisotopic (exact) mass is 352 g/mol. The van der Waals surface area contributed by atoms with Crippen LogP contribution in [0.25, 0.3) is 10.4 Å². The van der Waals surface area contributed by atoms with Crippen LogP contribution in [0.1, 0.15) is 16.1 Å². The van der Waals surface area contributed by atoms with E-state index in [-0.39, 0.29) is 11.7 Å². The van der Waals surface area contributed by atoms with Crippen LogP contribution in [0, 0.1) is 0 Å². The molecule has 0 spiro atoms. The number of rotatable bonds is 4. The largest absolute Gasteiger partial charge is 0.435 e. The molecule has 0 saturated carbocycles. The molecule has 1 aromatic heterocycles. The normalized spacial score (nSPS) is 15.4. The molecule has 2 aromatic rings. The Bertz CT molecular complexity index is 680. The fraction of sp³-hybridized carbons (Fsp3) is 0.353. The van der Waals surface area contributed by atoms with Gasteiger partial charge in [0.1, 0.15) is 5.75 Å². The Labute approximate surface area is 143 Å². The predicted molar refractivity (Wildman–Crippen MR) is 89.8 cm³/mol. The molecule has 1 aromatic carbocycles. The third kappa shape index (κ3) is 4.10. The summed E-state index contributed by atoms with van der Waals surface area (Å²) in [5, 5.41) is 3.28. The quantitative estimate of drug-likeness (QED) is 0.916. The zero-order valence-electron chi connectivity index (χ0n) is 13.0. The van der Waals surface area contributed by atoms with Gasteiger partial charge in [-0.1, -0.05) is 0 Å². The van der Waals surface area contributed by atoms with E-state index in [0.717, 1.165) is 36.5 Å². The Morgan fingerprint density at radius 1 is 1.12 bits per heavy atom. The summed E-state index contributed by atoms with van der Waals surface area (Å²) in [5.74, 6) is 0.172. The van der Waals surface area contributed by atoms with Crippen molar-refractivity contribution >= 4 is 17.2 Å².